The largest absolute Gasteiger partial charge is 0.506 e. The van der Waals surface area contributed by atoms with Gasteiger partial charge in [0.15, 0.2) is 0 Å². The van der Waals surface area contributed by atoms with Gasteiger partial charge in [-0.3, -0.25) is 9.59 Å². The Morgan fingerprint density at radius 1 is 1.50 bits per heavy atom. The second kappa shape index (κ2) is 5.73. The summed E-state index contributed by atoms with van der Waals surface area (Å²) in [5, 5.41) is 12.0. The summed E-state index contributed by atoms with van der Waals surface area (Å²) in [5.74, 6) is -0.962. The van der Waals surface area contributed by atoms with Crippen LogP contribution in [0, 0.1) is 0 Å². The van der Waals surface area contributed by atoms with Gasteiger partial charge in [0, 0.05) is 12.1 Å². The molecule has 1 atom stereocenters. The molecule has 0 aromatic heterocycles. The lowest BCUT2D eigenvalue weighted by Crippen LogP contribution is -2.29. The molecule has 6 heteroatoms. The van der Waals surface area contributed by atoms with Crippen molar-refractivity contribution in [2.45, 2.75) is 12.6 Å². The molecule has 0 aliphatic carbocycles. The number of hydrogen-bond donors (Lipinski definition) is 2. The molecule has 1 aromatic rings. The van der Waals surface area contributed by atoms with E-state index in [0.717, 1.165) is 6.08 Å². The zero-order valence-electron chi connectivity index (χ0n) is 10.8. The van der Waals surface area contributed by atoms with Gasteiger partial charge >= 0.3 is 0 Å². The summed E-state index contributed by atoms with van der Waals surface area (Å²) in [6.45, 7) is 3.75. The molecule has 2 N–H and O–H groups in total. The van der Waals surface area contributed by atoms with Gasteiger partial charge in [0.1, 0.15) is 11.9 Å². The van der Waals surface area contributed by atoms with E-state index in [9.17, 15) is 19.1 Å². The van der Waals surface area contributed by atoms with Crippen molar-refractivity contribution in [2.24, 2.45) is 0 Å². The Morgan fingerprint density at radius 3 is 2.85 bits per heavy atom. The van der Waals surface area contributed by atoms with Crippen molar-refractivity contribution in [3.63, 3.8) is 0 Å². The normalized spacial score (nSPS) is 17.9. The average molecular weight is 278 g/mol. The van der Waals surface area contributed by atoms with Crippen LogP contribution in [0.3, 0.4) is 0 Å². The summed E-state index contributed by atoms with van der Waals surface area (Å²) in [4.78, 5) is 24.8. The van der Waals surface area contributed by atoms with E-state index in [4.69, 9.17) is 0 Å². The molecule has 0 spiro atoms. The minimum Gasteiger partial charge on any atom is -0.506 e. The molecule has 1 fully saturated rings. The number of carbonyl (C=O) groups excluding carboxylic acids is 2. The lowest BCUT2D eigenvalue weighted by atomic mass is 10.1. The van der Waals surface area contributed by atoms with Crippen molar-refractivity contribution in [3.8, 4) is 5.75 Å². The van der Waals surface area contributed by atoms with Crippen molar-refractivity contribution in [1.82, 2.24) is 4.90 Å². The number of aromatic hydroxyl groups is 1. The van der Waals surface area contributed by atoms with E-state index in [1.165, 1.54) is 23.1 Å². The highest BCUT2D eigenvalue weighted by atomic mass is 19.1. The molecule has 1 saturated heterocycles. The first-order chi connectivity index (χ1) is 9.51. The van der Waals surface area contributed by atoms with E-state index in [1.807, 2.05) is 0 Å². The molecule has 0 saturated carbocycles. The van der Waals surface area contributed by atoms with Crippen molar-refractivity contribution in [2.75, 3.05) is 18.4 Å². The summed E-state index contributed by atoms with van der Waals surface area (Å²) in [7, 11) is 0. The maximum atomic E-state index is 13.1. The molecule has 20 heavy (non-hydrogen) atoms. The SMILES string of the molecule is C=CC(=O)Nc1cc(C(=O)N2CC[C@H](F)C2)ccc1O. The Hall–Kier alpha value is -2.37. The number of hydrogen-bond acceptors (Lipinski definition) is 3. The van der Waals surface area contributed by atoms with Crippen LogP contribution in [-0.2, 0) is 4.79 Å². The summed E-state index contributed by atoms with van der Waals surface area (Å²) in [6, 6.07) is 4.12. The fourth-order valence-electron chi connectivity index (χ4n) is 2.04. The van der Waals surface area contributed by atoms with Crippen LogP contribution in [0.25, 0.3) is 0 Å². The third-order valence-electron chi connectivity index (χ3n) is 3.10. The van der Waals surface area contributed by atoms with Gasteiger partial charge < -0.3 is 15.3 Å². The van der Waals surface area contributed by atoms with Crippen LogP contribution in [-0.4, -0.2) is 41.1 Å². The van der Waals surface area contributed by atoms with Crippen molar-refractivity contribution in [1.29, 1.82) is 0 Å². The summed E-state index contributed by atoms with van der Waals surface area (Å²) >= 11 is 0. The summed E-state index contributed by atoms with van der Waals surface area (Å²) in [5.41, 5.74) is 0.410. The van der Waals surface area contributed by atoms with Gasteiger partial charge in [-0.15, -0.1) is 0 Å². The van der Waals surface area contributed by atoms with E-state index in [2.05, 4.69) is 11.9 Å². The lowest BCUT2D eigenvalue weighted by Gasteiger charge is -2.16. The van der Waals surface area contributed by atoms with Gasteiger partial charge in [0.25, 0.3) is 5.91 Å². The van der Waals surface area contributed by atoms with Crippen molar-refractivity contribution >= 4 is 17.5 Å². The fourth-order valence-corrected chi connectivity index (χ4v) is 2.04. The standard InChI is InChI=1S/C14H15FN2O3/c1-2-13(19)16-11-7-9(3-4-12(11)18)14(20)17-6-5-10(15)8-17/h2-4,7,10,18H,1,5-6,8H2,(H,16,19)/t10-/m0/s1. The number of phenols is 1. The molecule has 0 bridgehead atoms. The van der Waals surface area contributed by atoms with E-state index in [0.29, 0.717) is 13.0 Å². The molecule has 0 radical (unpaired) electrons. The van der Waals surface area contributed by atoms with Crippen LogP contribution in [0.2, 0.25) is 0 Å². The average Bonchev–Trinajstić information content (AvgIpc) is 2.87. The number of phenolic OH excluding ortho intramolecular Hbond substituents is 1. The van der Waals surface area contributed by atoms with E-state index >= 15 is 0 Å². The maximum Gasteiger partial charge on any atom is 0.254 e. The minimum absolute atomic E-state index is 0.0774. The zero-order valence-corrected chi connectivity index (χ0v) is 10.8. The van der Waals surface area contributed by atoms with Gasteiger partial charge in [-0.25, -0.2) is 4.39 Å². The number of rotatable bonds is 3. The van der Waals surface area contributed by atoms with Crippen LogP contribution >= 0.6 is 0 Å². The van der Waals surface area contributed by atoms with Crippen LogP contribution in [0.15, 0.2) is 30.9 Å². The van der Waals surface area contributed by atoms with E-state index < -0.39 is 12.1 Å². The van der Waals surface area contributed by atoms with E-state index in [-0.39, 0.29) is 29.5 Å². The Balaban J connectivity index is 2.20. The van der Waals surface area contributed by atoms with E-state index in [1.54, 1.807) is 0 Å². The number of nitrogens with one attached hydrogen (secondary N) is 1. The van der Waals surface area contributed by atoms with Crippen LogP contribution in [0.5, 0.6) is 5.75 Å². The number of alkyl halides is 1. The predicted molar refractivity (Wildman–Crippen MR) is 72.4 cm³/mol. The molecule has 2 rings (SSSR count). The molecule has 5 nitrogen and oxygen atoms in total. The van der Waals surface area contributed by atoms with Crippen LogP contribution in [0.1, 0.15) is 16.8 Å². The molecule has 2 amide bonds. The zero-order chi connectivity index (χ0) is 14.7. The molecular weight excluding hydrogens is 263 g/mol. The highest BCUT2D eigenvalue weighted by Gasteiger charge is 2.26. The number of likely N-dealkylation sites (tertiary alicyclic amines) is 1. The number of anilines is 1. The molecule has 1 aliphatic rings. The Labute approximate surface area is 115 Å². The first kappa shape index (κ1) is 14.0. The highest BCUT2D eigenvalue weighted by molar-refractivity contribution is 6.02. The number of benzene rings is 1. The predicted octanol–water partition coefficient (Wildman–Crippen LogP) is 1.70. The summed E-state index contributed by atoms with van der Waals surface area (Å²) < 4.78 is 13.1. The number of halogens is 1. The number of carbonyl (C=O) groups is 2. The first-order valence-corrected chi connectivity index (χ1v) is 6.21. The van der Waals surface area contributed by atoms with Gasteiger partial charge in [0.05, 0.1) is 12.2 Å². The molecule has 1 aliphatic heterocycles. The number of amides is 2. The van der Waals surface area contributed by atoms with Crippen molar-refractivity contribution in [3.05, 3.63) is 36.4 Å². The maximum absolute atomic E-state index is 13.1. The van der Waals surface area contributed by atoms with Gasteiger partial charge in [-0.2, -0.15) is 0 Å². The van der Waals surface area contributed by atoms with Crippen LogP contribution in [0.4, 0.5) is 10.1 Å². The monoisotopic (exact) mass is 278 g/mol. The minimum atomic E-state index is -0.990. The smallest absolute Gasteiger partial charge is 0.254 e. The van der Waals surface area contributed by atoms with Gasteiger partial charge in [-0.1, -0.05) is 6.58 Å². The highest BCUT2D eigenvalue weighted by Crippen LogP contribution is 2.26. The number of nitrogens with zero attached hydrogens (tertiary/aromatic N) is 1. The quantitative estimate of drug-likeness (QED) is 0.653. The van der Waals surface area contributed by atoms with Crippen molar-refractivity contribution < 1.29 is 19.1 Å². The summed E-state index contributed by atoms with van der Waals surface area (Å²) in [6.07, 6.45) is 0.405. The van der Waals surface area contributed by atoms with Crippen LogP contribution < -0.4 is 5.32 Å². The molecule has 1 aromatic carbocycles. The fraction of sp³-hybridized carbons (Fsp3) is 0.286. The molecule has 1 heterocycles. The topological polar surface area (TPSA) is 69.6 Å². The Morgan fingerprint density at radius 2 is 2.25 bits per heavy atom. The van der Waals surface area contributed by atoms with Gasteiger partial charge in [0.2, 0.25) is 5.91 Å². The lowest BCUT2D eigenvalue weighted by molar-refractivity contribution is -0.111. The third-order valence-corrected chi connectivity index (χ3v) is 3.10. The van der Waals surface area contributed by atoms with Gasteiger partial charge in [-0.05, 0) is 30.7 Å². The molecule has 0 unspecified atom stereocenters. The molecule has 106 valence electrons. The Bertz CT molecular complexity index is 559. The second-order valence-corrected chi connectivity index (χ2v) is 4.56. The first-order valence-electron chi connectivity index (χ1n) is 6.21. The molecular formula is C14H15FN2O3. The third kappa shape index (κ3) is 2.96. The second-order valence-electron chi connectivity index (χ2n) is 4.56. The Kier molecular flexibility index (Phi) is 4.02.